The number of anilines is 1. The second-order valence-electron chi connectivity index (χ2n) is 5.58. The molecule has 0 spiro atoms. The number of nitrogens with one attached hydrogen (secondary N) is 1. The monoisotopic (exact) mass is 292 g/mol. The molecule has 2 rings (SSSR count). The molecule has 21 heavy (non-hydrogen) atoms. The zero-order chi connectivity index (χ0) is 15.3. The quantitative estimate of drug-likeness (QED) is 0.776. The molecular weight excluding hydrogens is 268 g/mol. The Morgan fingerprint density at radius 3 is 2.71 bits per heavy atom. The molecule has 0 heterocycles. The third kappa shape index (κ3) is 3.74. The van der Waals surface area contributed by atoms with Gasteiger partial charge in [-0.25, -0.2) is 0 Å². The van der Waals surface area contributed by atoms with E-state index in [1.54, 1.807) is 18.2 Å². The highest BCUT2D eigenvalue weighted by atomic mass is 16.5. The van der Waals surface area contributed by atoms with Crippen LogP contribution in [0.3, 0.4) is 0 Å². The van der Waals surface area contributed by atoms with Gasteiger partial charge >= 0.3 is 0 Å². The Morgan fingerprint density at radius 2 is 2.10 bits per heavy atom. The van der Waals surface area contributed by atoms with Crippen LogP contribution in [0.5, 0.6) is 5.75 Å². The Balaban J connectivity index is 2.10. The Labute approximate surface area is 125 Å². The molecule has 0 bridgehead atoms. The number of hydrogen-bond donors (Lipinski definition) is 3. The van der Waals surface area contributed by atoms with Crippen LogP contribution in [-0.4, -0.2) is 23.2 Å². The predicted molar refractivity (Wildman–Crippen MR) is 82.2 cm³/mol. The Hall–Kier alpha value is -1.59. The van der Waals surface area contributed by atoms with E-state index in [1.807, 2.05) is 6.92 Å². The molecule has 1 aliphatic rings. The number of aliphatic hydroxyl groups excluding tert-OH is 1. The SMILES string of the molecule is CCOc1ccc(NC(=O)C2(N)CCCCC2)cc1CO. The first-order valence-electron chi connectivity index (χ1n) is 7.56. The fourth-order valence-electron chi connectivity index (χ4n) is 2.74. The van der Waals surface area contributed by atoms with Crippen LogP contribution in [0.4, 0.5) is 5.69 Å². The molecule has 1 fully saturated rings. The number of nitrogens with two attached hydrogens (primary N) is 1. The normalized spacial score (nSPS) is 17.3. The van der Waals surface area contributed by atoms with Crippen molar-refractivity contribution in [2.75, 3.05) is 11.9 Å². The van der Waals surface area contributed by atoms with Gasteiger partial charge in [-0.2, -0.15) is 0 Å². The van der Waals surface area contributed by atoms with Crippen molar-refractivity contribution in [3.63, 3.8) is 0 Å². The number of benzene rings is 1. The van der Waals surface area contributed by atoms with E-state index < -0.39 is 5.54 Å². The Bertz CT molecular complexity index is 496. The van der Waals surface area contributed by atoms with E-state index in [4.69, 9.17) is 10.5 Å². The van der Waals surface area contributed by atoms with Crippen molar-refractivity contribution in [1.29, 1.82) is 0 Å². The summed E-state index contributed by atoms with van der Waals surface area (Å²) in [6, 6.07) is 5.26. The molecule has 0 unspecified atom stereocenters. The van der Waals surface area contributed by atoms with Gasteiger partial charge in [0.15, 0.2) is 0 Å². The van der Waals surface area contributed by atoms with E-state index in [0.717, 1.165) is 32.1 Å². The predicted octanol–water partition coefficient (Wildman–Crippen LogP) is 2.18. The third-order valence-electron chi connectivity index (χ3n) is 3.99. The second kappa shape index (κ2) is 6.91. The van der Waals surface area contributed by atoms with E-state index in [0.29, 0.717) is 23.6 Å². The summed E-state index contributed by atoms with van der Waals surface area (Å²) in [7, 11) is 0. The largest absolute Gasteiger partial charge is 0.494 e. The molecule has 0 atom stereocenters. The lowest BCUT2D eigenvalue weighted by atomic mass is 9.82. The van der Waals surface area contributed by atoms with Crippen molar-refractivity contribution < 1.29 is 14.6 Å². The van der Waals surface area contributed by atoms with Crippen LogP contribution in [0.25, 0.3) is 0 Å². The highest BCUT2D eigenvalue weighted by molar-refractivity contribution is 5.98. The second-order valence-corrected chi connectivity index (χ2v) is 5.58. The molecule has 1 saturated carbocycles. The molecule has 4 N–H and O–H groups in total. The summed E-state index contributed by atoms with van der Waals surface area (Å²) < 4.78 is 5.43. The first-order chi connectivity index (χ1) is 10.1. The minimum absolute atomic E-state index is 0.132. The van der Waals surface area contributed by atoms with Crippen LogP contribution < -0.4 is 15.8 Å². The summed E-state index contributed by atoms with van der Waals surface area (Å²) in [4.78, 5) is 12.4. The maximum Gasteiger partial charge on any atom is 0.244 e. The fraction of sp³-hybridized carbons (Fsp3) is 0.562. The van der Waals surface area contributed by atoms with Gasteiger partial charge in [-0.1, -0.05) is 19.3 Å². The van der Waals surface area contributed by atoms with Gasteiger partial charge in [-0.3, -0.25) is 4.79 Å². The lowest BCUT2D eigenvalue weighted by Crippen LogP contribution is -2.52. The molecule has 0 saturated heterocycles. The molecule has 5 heteroatoms. The van der Waals surface area contributed by atoms with Gasteiger partial charge in [-0.15, -0.1) is 0 Å². The molecule has 0 aromatic heterocycles. The van der Waals surface area contributed by atoms with Gasteiger partial charge in [0.25, 0.3) is 0 Å². The number of rotatable bonds is 5. The van der Waals surface area contributed by atoms with E-state index in [1.165, 1.54) is 0 Å². The Morgan fingerprint density at radius 1 is 1.38 bits per heavy atom. The van der Waals surface area contributed by atoms with E-state index >= 15 is 0 Å². The van der Waals surface area contributed by atoms with Crippen molar-refractivity contribution in [3.8, 4) is 5.75 Å². The van der Waals surface area contributed by atoms with Gasteiger partial charge in [0.1, 0.15) is 5.75 Å². The summed E-state index contributed by atoms with van der Waals surface area (Å²) in [5.41, 5.74) is 6.74. The average Bonchev–Trinajstić information content (AvgIpc) is 2.49. The van der Waals surface area contributed by atoms with Gasteiger partial charge in [-0.05, 0) is 38.0 Å². The molecule has 1 amide bonds. The van der Waals surface area contributed by atoms with Crippen LogP contribution in [0.15, 0.2) is 18.2 Å². The maximum atomic E-state index is 12.4. The molecule has 1 aromatic rings. The van der Waals surface area contributed by atoms with E-state index in [9.17, 15) is 9.90 Å². The van der Waals surface area contributed by atoms with Gasteiger partial charge < -0.3 is 20.9 Å². The first kappa shape index (κ1) is 15.8. The van der Waals surface area contributed by atoms with Gasteiger partial charge in [0.2, 0.25) is 5.91 Å². The van der Waals surface area contributed by atoms with Crippen LogP contribution >= 0.6 is 0 Å². The molecule has 5 nitrogen and oxygen atoms in total. The number of amides is 1. The van der Waals surface area contributed by atoms with Crippen molar-refractivity contribution in [2.45, 2.75) is 51.2 Å². The lowest BCUT2D eigenvalue weighted by Gasteiger charge is -2.31. The molecule has 1 aromatic carbocycles. The van der Waals surface area contributed by atoms with E-state index in [2.05, 4.69) is 5.32 Å². The zero-order valence-corrected chi connectivity index (χ0v) is 12.5. The van der Waals surface area contributed by atoms with E-state index in [-0.39, 0.29) is 12.5 Å². The highest BCUT2D eigenvalue weighted by Gasteiger charge is 2.35. The Kier molecular flexibility index (Phi) is 5.20. The summed E-state index contributed by atoms with van der Waals surface area (Å²) >= 11 is 0. The number of ether oxygens (including phenoxy) is 1. The summed E-state index contributed by atoms with van der Waals surface area (Å²) in [6.45, 7) is 2.29. The third-order valence-corrected chi connectivity index (χ3v) is 3.99. The topological polar surface area (TPSA) is 84.6 Å². The molecule has 0 radical (unpaired) electrons. The lowest BCUT2D eigenvalue weighted by molar-refractivity contribution is -0.122. The number of hydrogen-bond acceptors (Lipinski definition) is 4. The average molecular weight is 292 g/mol. The number of aliphatic hydroxyl groups is 1. The fourth-order valence-corrected chi connectivity index (χ4v) is 2.74. The van der Waals surface area contributed by atoms with Crippen LogP contribution in [-0.2, 0) is 11.4 Å². The number of carbonyl (C=O) groups is 1. The van der Waals surface area contributed by atoms with Gasteiger partial charge in [0.05, 0.1) is 18.8 Å². The molecule has 116 valence electrons. The summed E-state index contributed by atoms with van der Waals surface area (Å²) in [5.74, 6) is 0.494. The molecular formula is C16H24N2O3. The standard InChI is InChI=1S/C16H24N2O3/c1-2-21-14-7-6-13(10-12(14)11-19)18-15(20)16(17)8-4-3-5-9-16/h6-7,10,19H,2-5,8-9,11,17H2,1H3,(H,18,20). The summed E-state index contributed by atoms with van der Waals surface area (Å²) in [6.07, 6.45) is 4.58. The van der Waals surface area contributed by atoms with Crippen molar-refractivity contribution >= 4 is 11.6 Å². The van der Waals surface area contributed by atoms with Crippen LogP contribution in [0, 0.1) is 0 Å². The van der Waals surface area contributed by atoms with Gasteiger partial charge in [0, 0.05) is 11.3 Å². The number of carbonyl (C=O) groups excluding carboxylic acids is 1. The smallest absolute Gasteiger partial charge is 0.244 e. The summed E-state index contributed by atoms with van der Waals surface area (Å²) in [5, 5.41) is 12.3. The zero-order valence-electron chi connectivity index (χ0n) is 12.5. The minimum Gasteiger partial charge on any atom is -0.494 e. The van der Waals surface area contributed by atoms with Crippen molar-refractivity contribution in [2.24, 2.45) is 5.73 Å². The highest BCUT2D eigenvalue weighted by Crippen LogP contribution is 2.28. The van der Waals surface area contributed by atoms with Crippen LogP contribution in [0.2, 0.25) is 0 Å². The van der Waals surface area contributed by atoms with Crippen molar-refractivity contribution in [1.82, 2.24) is 0 Å². The maximum absolute atomic E-state index is 12.4. The van der Waals surface area contributed by atoms with Crippen LogP contribution in [0.1, 0.15) is 44.6 Å². The van der Waals surface area contributed by atoms with Crippen molar-refractivity contribution in [3.05, 3.63) is 23.8 Å². The minimum atomic E-state index is -0.768. The molecule has 0 aliphatic heterocycles. The first-order valence-corrected chi connectivity index (χ1v) is 7.56. The molecule has 1 aliphatic carbocycles.